The average Bonchev–Trinajstić information content (AvgIpc) is 3.34. The van der Waals surface area contributed by atoms with Crippen molar-refractivity contribution in [3.8, 4) is 0 Å². The first-order valence-corrected chi connectivity index (χ1v) is 24.3. The third kappa shape index (κ3) is 19.6. The molecular formula is C55H72N2O9. The van der Waals surface area contributed by atoms with Crippen LogP contribution in [0.3, 0.4) is 0 Å². The number of hydrogen-bond acceptors (Lipinski definition) is 9. The highest BCUT2D eigenvalue weighted by atomic mass is 16.6. The first kappa shape index (κ1) is 51.6. The van der Waals surface area contributed by atoms with Crippen molar-refractivity contribution in [1.82, 2.24) is 10.6 Å². The number of rotatable bonds is 32. The van der Waals surface area contributed by atoms with Crippen molar-refractivity contribution in [2.24, 2.45) is 5.92 Å². The van der Waals surface area contributed by atoms with Gasteiger partial charge in [0.2, 0.25) is 5.91 Å². The molecule has 2 N–H and O–H groups in total. The minimum Gasteiger partial charge on any atom is -0.462 e. The van der Waals surface area contributed by atoms with Crippen LogP contribution in [0.4, 0.5) is 4.79 Å². The zero-order valence-electron chi connectivity index (χ0n) is 39.0. The van der Waals surface area contributed by atoms with Crippen molar-refractivity contribution in [2.75, 3.05) is 13.2 Å². The summed E-state index contributed by atoms with van der Waals surface area (Å²) in [6, 6.07) is 38.1. The van der Waals surface area contributed by atoms with Crippen molar-refractivity contribution in [2.45, 2.75) is 154 Å². The summed E-state index contributed by atoms with van der Waals surface area (Å²) in [5.41, 5.74) is 3.73. The Morgan fingerprint density at radius 2 is 1.09 bits per heavy atom. The second-order valence-electron chi connectivity index (χ2n) is 17.3. The van der Waals surface area contributed by atoms with Gasteiger partial charge in [0.1, 0.15) is 30.8 Å². The fourth-order valence-corrected chi connectivity index (χ4v) is 8.22. The van der Waals surface area contributed by atoms with E-state index in [9.17, 15) is 19.2 Å². The highest BCUT2D eigenvalue weighted by molar-refractivity contribution is 6.03. The predicted molar refractivity (Wildman–Crippen MR) is 256 cm³/mol. The van der Waals surface area contributed by atoms with Crippen LogP contribution in [0, 0.1) is 5.92 Å². The molecule has 356 valence electrons. The van der Waals surface area contributed by atoms with Crippen molar-refractivity contribution in [3.05, 3.63) is 144 Å². The van der Waals surface area contributed by atoms with Gasteiger partial charge in [-0.3, -0.25) is 14.4 Å². The van der Waals surface area contributed by atoms with E-state index in [4.69, 9.17) is 23.7 Å². The summed E-state index contributed by atoms with van der Waals surface area (Å²) in [4.78, 5) is 54.5. The van der Waals surface area contributed by atoms with Crippen LogP contribution >= 0.6 is 0 Å². The lowest BCUT2D eigenvalue weighted by molar-refractivity contribution is -0.173. The van der Waals surface area contributed by atoms with Crippen LogP contribution in [-0.4, -0.2) is 61.3 Å². The molecule has 4 aromatic rings. The van der Waals surface area contributed by atoms with E-state index in [-0.39, 0.29) is 51.0 Å². The molecule has 2 amide bonds. The maximum absolute atomic E-state index is 14.7. The zero-order valence-corrected chi connectivity index (χ0v) is 39.0. The van der Waals surface area contributed by atoms with Gasteiger partial charge in [0.15, 0.2) is 5.78 Å². The van der Waals surface area contributed by atoms with Gasteiger partial charge in [-0.25, -0.2) is 4.79 Å². The van der Waals surface area contributed by atoms with Gasteiger partial charge in [0.05, 0.1) is 32.5 Å². The van der Waals surface area contributed by atoms with E-state index in [0.29, 0.717) is 38.8 Å². The van der Waals surface area contributed by atoms with Crippen LogP contribution in [0.25, 0.3) is 0 Å². The number of amides is 2. The zero-order chi connectivity index (χ0) is 46.4. The van der Waals surface area contributed by atoms with Crippen LogP contribution in [0.1, 0.15) is 125 Å². The fraction of sp³-hybridized carbons (Fsp3) is 0.491. The van der Waals surface area contributed by atoms with Crippen LogP contribution in [0.15, 0.2) is 121 Å². The molecule has 0 radical (unpaired) electrons. The molecule has 66 heavy (non-hydrogen) atoms. The number of carbonyl (C=O) groups excluding carboxylic acids is 4. The second kappa shape index (κ2) is 30.8. The molecule has 1 aliphatic heterocycles. The molecular weight excluding hydrogens is 833 g/mol. The first-order valence-electron chi connectivity index (χ1n) is 24.3. The Morgan fingerprint density at radius 3 is 1.67 bits per heavy atom. The molecule has 1 fully saturated rings. The summed E-state index contributed by atoms with van der Waals surface area (Å²) in [5.74, 6) is -2.42. The SMILES string of the molecule is CCCCCCCCCCC[C@@H](CC(=O)[C@@H]1C(=O)N[C@H](COCc2ccccc2)[C@H](OCc2ccccc2)[C@H]1OCc1ccccc1)OC(=O)CCCCCNC(=O)OCc1ccccc1. The molecule has 0 unspecified atom stereocenters. The van der Waals surface area contributed by atoms with Gasteiger partial charge in [-0.15, -0.1) is 0 Å². The van der Waals surface area contributed by atoms with E-state index in [1.54, 1.807) is 0 Å². The van der Waals surface area contributed by atoms with Gasteiger partial charge in [-0.1, -0.05) is 186 Å². The maximum atomic E-state index is 14.7. The van der Waals surface area contributed by atoms with Crippen molar-refractivity contribution in [1.29, 1.82) is 0 Å². The third-order valence-electron chi connectivity index (χ3n) is 11.9. The molecule has 1 heterocycles. The summed E-state index contributed by atoms with van der Waals surface area (Å²) in [6.45, 7) is 3.70. The van der Waals surface area contributed by atoms with Gasteiger partial charge in [0, 0.05) is 19.4 Å². The van der Waals surface area contributed by atoms with Gasteiger partial charge in [0.25, 0.3) is 0 Å². The molecule has 11 heteroatoms. The Hall–Kier alpha value is -5.36. The Balaban J connectivity index is 1.23. The Morgan fingerprint density at radius 1 is 0.591 bits per heavy atom. The van der Waals surface area contributed by atoms with Gasteiger partial charge in [-0.05, 0) is 47.9 Å². The normalized spacial score (nSPS) is 17.4. The Bertz CT molecular complexity index is 1950. The lowest BCUT2D eigenvalue weighted by atomic mass is 9.83. The summed E-state index contributed by atoms with van der Waals surface area (Å²) in [7, 11) is 0. The number of Topliss-reactive ketones (excluding diaryl/α,β-unsaturated/α-hetero) is 1. The Kier molecular flexibility index (Phi) is 24.1. The molecule has 0 spiro atoms. The number of benzene rings is 4. The monoisotopic (exact) mass is 905 g/mol. The quantitative estimate of drug-likeness (QED) is 0.0279. The molecule has 0 saturated carbocycles. The van der Waals surface area contributed by atoms with Gasteiger partial charge >= 0.3 is 12.1 Å². The number of hydrogen-bond donors (Lipinski definition) is 2. The molecule has 0 bridgehead atoms. The van der Waals surface area contributed by atoms with E-state index in [0.717, 1.165) is 47.9 Å². The lowest BCUT2D eigenvalue weighted by Crippen LogP contribution is -2.64. The van der Waals surface area contributed by atoms with Crippen molar-refractivity contribution < 1.29 is 42.9 Å². The van der Waals surface area contributed by atoms with Crippen molar-refractivity contribution >= 4 is 23.8 Å². The standard InChI is InChI=1S/C55H72N2O9/c1-2-3-4-5-6-7-8-9-23-34-47(66-50(59)35-24-14-25-36-56-55(61)65-41-46-32-21-13-22-33-46)37-49(58)51-53(64-40-45-30-19-12-20-31-45)52(63-39-44-28-17-11-18-29-44)48(57-54(51)60)42-62-38-43-26-15-10-16-27-43/h10-13,15-22,26-33,47-48,51-53H,2-9,14,23-25,34-42H2,1H3,(H,56,61)(H,57,60)/t47-,48+,51-,52-,53-/m0/s1. The van der Waals surface area contributed by atoms with E-state index < -0.39 is 42.3 Å². The molecule has 1 aliphatic rings. The molecule has 11 nitrogen and oxygen atoms in total. The number of carbonyl (C=O) groups is 4. The summed E-state index contributed by atoms with van der Waals surface area (Å²) >= 11 is 0. The summed E-state index contributed by atoms with van der Waals surface area (Å²) in [6.07, 6.45) is 9.77. The first-order chi connectivity index (χ1) is 32.4. The molecule has 4 aromatic carbocycles. The molecule has 5 rings (SSSR count). The van der Waals surface area contributed by atoms with Crippen LogP contribution < -0.4 is 10.6 Å². The highest BCUT2D eigenvalue weighted by Gasteiger charge is 2.49. The predicted octanol–water partition coefficient (Wildman–Crippen LogP) is 10.8. The maximum Gasteiger partial charge on any atom is 0.407 e. The van der Waals surface area contributed by atoms with Gasteiger partial charge in [-0.2, -0.15) is 0 Å². The van der Waals surface area contributed by atoms with Crippen LogP contribution in [0.5, 0.6) is 0 Å². The number of nitrogens with one attached hydrogen (secondary N) is 2. The van der Waals surface area contributed by atoms with E-state index in [1.807, 2.05) is 121 Å². The third-order valence-corrected chi connectivity index (χ3v) is 11.9. The van der Waals surface area contributed by atoms with E-state index >= 15 is 0 Å². The average molecular weight is 905 g/mol. The minimum absolute atomic E-state index is 0.123. The van der Waals surface area contributed by atoms with Crippen LogP contribution in [0.2, 0.25) is 0 Å². The topological polar surface area (TPSA) is 138 Å². The van der Waals surface area contributed by atoms with E-state index in [1.165, 1.54) is 32.1 Å². The van der Waals surface area contributed by atoms with Crippen molar-refractivity contribution in [3.63, 3.8) is 0 Å². The minimum atomic E-state index is -1.21. The number of alkyl carbamates (subject to hydrolysis) is 1. The molecule has 1 saturated heterocycles. The smallest absolute Gasteiger partial charge is 0.407 e. The largest absolute Gasteiger partial charge is 0.462 e. The number of piperidine rings is 1. The number of unbranched alkanes of at least 4 members (excludes halogenated alkanes) is 10. The fourth-order valence-electron chi connectivity index (χ4n) is 8.22. The summed E-state index contributed by atoms with van der Waals surface area (Å²) in [5, 5.41) is 5.85. The lowest BCUT2D eigenvalue weighted by Gasteiger charge is -2.42. The number of ether oxygens (including phenoxy) is 5. The molecule has 0 aliphatic carbocycles. The molecule has 5 atom stereocenters. The van der Waals surface area contributed by atoms with Gasteiger partial charge < -0.3 is 34.3 Å². The highest BCUT2D eigenvalue weighted by Crippen LogP contribution is 2.29. The second-order valence-corrected chi connectivity index (χ2v) is 17.3. The number of ketones is 1. The van der Waals surface area contributed by atoms with Crippen LogP contribution in [-0.2, 0) is 64.5 Å². The van der Waals surface area contributed by atoms with E-state index in [2.05, 4.69) is 17.6 Å². The Labute approximate surface area is 392 Å². The summed E-state index contributed by atoms with van der Waals surface area (Å²) < 4.78 is 30.8. The molecule has 0 aromatic heterocycles. The number of esters is 1.